The predicted molar refractivity (Wildman–Crippen MR) is 86.8 cm³/mol. The van der Waals surface area contributed by atoms with E-state index in [0.717, 1.165) is 19.2 Å². The molecule has 1 aliphatic rings. The highest BCUT2D eigenvalue weighted by atomic mass is 35.5. The first-order valence-corrected chi connectivity index (χ1v) is 7.94. The largest absolute Gasteiger partial charge is 0.434 e. The summed E-state index contributed by atoms with van der Waals surface area (Å²) in [5.41, 5.74) is 3.68. The maximum Gasteiger partial charge on any atom is 0.434 e. The van der Waals surface area contributed by atoms with Crippen LogP contribution in [0.2, 0.25) is 0 Å². The van der Waals surface area contributed by atoms with Crippen LogP contribution in [0, 0.1) is 0 Å². The van der Waals surface area contributed by atoms with Gasteiger partial charge in [0.15, 0.2) is 5.69 Å². The number of benzene rings is 1. The first-order valence-electron chi connectivity index (χ1n) is 7.56. The van der Waals surface area contributed by atoms with E-state index >= 15 is 0 Å². The first kappa shape index (κ1) is 19.4. The number of halogens is 4. The van der Waals surface area contributed by atoms with Gasteiger partial charge < -0.3 is 10.5 Å². The van der Waals surface area contributed by atoms with E-state index < -0.39 is 22.7 Å². The first-order chi connectivity index (χ1) is 11.8. The zero-order chi connectivity index (χ0) is 18.4. The van der Waals surface area contributed by atoms with E-state index in [1.54, 1.807) is 18.2 Å². The van der Waals surface area contributed by atoms with E-state index in [2.05, 4.69) is 5.10 Å². The summed E-state index contributed by atoms with van der Waals surface area (Å²) in [7, 11) is 0. The third kappa shape index (κ3) is 5.04. The van der Waals surface area contributed by atoms with Crippen LogP contribution in [0.25, 0.3) is 5.69 Å². The van der Waals surface area contributed by atoms with E-state index in [0.29, 0.717) is 17.3 Å². The molecule has 25 heavy (non-hydrogen) atoms. The number of rotatable bonds is 3. The average molecular weight is 376 g/mol. The summed E-state index contributed by atoms with van der Waals surface area (Å²) in [6.07, 6.45) is -1.17. The molecule has 1 aromatic heterocycles. The van der Waals surface area contributed by atoms with E-state index in [1.165, 1.54) is 18.6 Å². The van der Waals surface area contributed by atoms with Crippen LogP contribution in [0.15, 0.2) is 36.5 Å². The highest BCUT2D eigenvalue weighted by Crippen LogP contribution is 2.34. The van der Waals surface area contributed by atoms with E-state index in [4.69, 9.17) is 22.1 Å². The van der Waals surface area contributed by atoms with Gasteiger partial charge in [-0.2, -0.15) is 18.3 Å². The van der Waals surface area contributed by atoms with Gasteiger partial charge in [-0.1, -0.05) is 18.2 Å². The Kier molecular flexibility index (Phi) is 6.57. The molecule has 0 saturated carbocycles. The number of nitrogens with zero attached hydrogens (tertiary/aromatic N) is 2. The Morgan fingerprint density at radius 3 is 2.48 bits per heavy atom. The number of alkyl halides is 3. The molecule has 1 atom stereocenters. The number of ether oxygens (including phenoxy) is 1. The van der Waals surface area contributed by atoms with Gasteiger partial charge in [0.2, 0.25) is 0 Å². The summed E-state index contributed by atoms with van der Waals surface area (Å²) in [6.45, 7) is 1.61. The number of para-hydroxylation sites is 1. The lowest BCUT2D eigenvalue weighted by atomic mass is 10.2. The Hall–Kier alpha value is -1.90. The topological polar surface area (TPSA) is 70.1 Å². The second-order valence-corrected chi connectivity index (χ2v) is 5.64. The average Bonchev–Trinajstić information content (AvgIpc) is 3.25. The summed E-state index contributed by atoms with van der Waals surface area (Å²) >= 11 is 5.12. The molecule has 136 valence electrons. The molecule has 0 aliphatic carbocycles. The predicted octanol–water partition coefficient (Wildman–Crippen LogP) is 3.39. The molecule has 2 N–H and O–H groups in total. The summed E-state index contributed by atoms with van der Waals surface area (Å²) in [4.78, 5) is 11.0. The monoisotopic (exact) mass is 375 g/mol. The third-order valence-corrected chi connectivity index (χ3v) is 3.74. The number of hydrogen-bond acceptors (Lipinski definition) is 4. The molecule has 3 rings (SSSR count). The Balaban J connectivity index is 0.000000269. The van der Waals surface area contributed by atoms with Crippen molar-refractivity contribution >= 4 is 16.8 Å². The molecule has 1 saturated heterocycles. The van der Waals surface area contributed by atoms with Gasteiger partial charge in [0.25, 0.3) is 5.24 Å². The Morgan fingerprint density at radius 2 is 2.04 bits per heavy atom. The van der Waals surface area contributed by atoms with Crippen molar-refractivity contribution < 1.29 is 22.7 Å². The maximum absolute atomic E-state index is 12.9. The smallest absolute Gasteiger partial charge is 0.377 e. The van der Waals surface area contributed by atoms with Gasteiger partial charge in [0.1, 0.15) is 0 Å². The molecule has 0 radical (unpaired) electrons. The molecule has 0 spiro atoms. The molecule has 1 aliphatic heterocycles. The Bertz CT molecular complexity index is 698. The van der Waals surface area contributed by atoms with Crippen LogP contribution in [0.3, 0.4) is 0 Å². The van der Waals surface area contributed by atoms with Crippen LogP contribution in [0.5, 0.6) is 0 Å². The van der Waals surface area contributed by atoms with Crippen LogP contribution in [0.4, 0.5) is 13.2 Å². The highest BCUT2D eigenvalue weighted by molar-refractivity contribution is 6.67. The van der Waals surface area contributed by atoms with Crippen molar-refractivity contribution in [1.82, 2.24) is 9.78 Å². The molecule has 0 bridgehead atoms. The third-order valence-electron chi connectivity index (χ3n) is 3.54. The van der Waals surface area contributed by atoms with E-state index in [1.807, 2.05) is 0 Å². The van der Waals surface area contributed by atoms with Crippen LogP contribution in [0.1, 0.15) is 28.9 Å². The van der Waals surface area contributed by atoms with Gasteiger partial charge in [0.05, 0.1) is 23.6 Å². The molecule has 1 unspecified atom stereocenters. The van der Waals surface area contributed by atoms with Gasteiger partial charge in [-0.25, -0.2) is 4.68 Å². The van der Waals surface area contributed by atoms with Crippen LogP contribution >= 0.6 is 11.6 Å². The molecule has 9 heteroatoms. The minimum Gasteiger partial charge on any atom is -0.377 e. The van der Waals surface area contributed by atoms with Crippen molar-refractivity contribution in [2.24, 2.45) is 5.73 Å². The number of hydrogen-bond donors (Lipinski definition) is 1. The zero-order valence-electron chi connectivity index (χ0n) is 13.2. The summed E-state index contributed by atoms with van der Waals surface area (Å²) in [6, 6.07) is 7.70. The SMILES string of the molecule is NCC1CCCO1.O=C(Cl)c1cnn(-c2ccccc2)c1C(F)(F)F. The molecule has 5 nitrogen and oxygen atoms in total. The van der Waals surface area contributed by atoms with Gasteiger partial charge in [-0.3, -0.25) is 4.79 Å². The van der Waals surface area contributed by atoms with Crippen molar-refractivity contribution in [2.45, 2.75) is 25.1 Å². The summed E-state index contributed by atoms with van der Waals surface area (Å²) < 4.78 is 44.6. The van der Waals surface area contributed by atoms with Gasteiger partial charge >= 0.3 is 6.18 Å². The van der Waals surface area contributed by atoms with Crippen molar-refractivity contribution in [3.05, 3.63) is 47.8 Å². The maximum atomic E-state index is 12.9. The minimum atomic E-state index is -4.72. The van der Waals surface area contributed by atoms with E-state index in [9.17, 15) is 18.0 Å². The van der Waals surface area contributed by atoms with Crippen molar-refractivity contribution in [2.75, 3.05) is 13.2 Å². The number of nitrogens with two attached hydrogens (primary N) is 1. The van der Waals surface area contributed by atoms with Gasteiger partial charge in [0, 0.05) is 13.2 Å². The van der Waals surface area contributed by atoms with Crippen LogP contribution in [-0.2, 0) is 10.9 Å². The fourth-order valence-electron chi connectivity index (χ4n) is 2.36. The van der Waals surface area contributed by atoms with E-state index in [-0.39, 0.29) is 5.69 Å². The Labute approximate surface area is 147 Å². The molecule has 1 aromatic carbocycles. The fraction of sp³-hybridized carbons (Fsp3) is 0.375. The van der Waals surface area contributed by atoms with Crippen LogP contribution < -0.4 is 5.73 Å². The molecular weight excluding hydrogens is 359 g/mol. The van der Waals surface area contributed by atoms with Crippen molar-refractivity contribution in [3.8, 4) is 5.69 Å². The number of carbonyl (C=O) groups excluding carboxylic acids is 1. The fourth-order valence-corrected chi connectivity index (χ4v) is 2.50. The second kappa shape index (κ2) is 8.46. The van der Waals surface area contributed by atoms with Gasteiger partial charge in [-0.15, -0.1) is 0 Å². The molecular formula is C16H17ClF3N3O2. The van der Waals surface area contributed by atoms with Crippen LogP contribution in [-0.4, -0.2) is 34.3 Å². The minimum absolute atomic E-state index is 0.203. The lowest BCUT2D eigenvalue weighted by Gasteiger charge is -2.11. The van der Waals surface area contributed by atoms with Crippen molar-refractivity contribution in [1.29, 1.82) is 0 Å². The molecule has 2 aromatic rings. The number of aromatic nitrogens is 2. The normalized spacial score (nSPS) is 17.1. The summed E-state index contributed by atoms with van der Waals surface area (Å²) in [5, 5.41) is 2.38. The quantitative estimate of drug-likeness (QED) is 0.835. The molecule has 1 fully saturated rings. The lowest BCUT2D eigenvalue weighted by molar-refractivity contribution is -0.143. The standard InChI is InChI=1S/C11H6ClF3N2O.C5H11NO/c12-10(18)8-6-16-17(9(8)11(13,14)15)7-4-2-1-3-5-7;6-4-5-2-1-3-7-5/h1-6H;5H,1-4,6H2. The zero-order valence-corrected chi connectivity index (χ0v) is 13.9. The molecule has 0 amide bonds. The second-order valence-electron chi connectivity index (χ2n) is 5.30. The Morgan fingerprint density at radius 1 is 1.36 bits per heavy atom. The van der Waals surface area contributed by atoms with Crippen molar-refractivity contribution in [3.63, 3.8) is 0 Å². The summed E-state index contributed by atoms with van der Waals surface area (Å²) in [5.74, 6) is 0. The van der Waals surface area contributed by atoms with Gasteiger partial charge in [-0.05, 0) is 36.6 Å². The highest BCUT2D eigenvalue weighted by Gasteiger charge is 2.40. The lowest BCUT2D eigenvalue weighted by Crippen LogP contribution is -2.17. The number of carbonyl (C=O) groups is 1. The molecule has 2 heterocycles.